The van der Waals surface area contributed by atoms with Crippen molar-refractivity contribution in [2.75, 3.05) is 7.11 Å². The number of esters is 1. The average molecular weight is 417 g/mol. The van der Waals surface area contributed by atoms with E-state index in [0.717, 1.165) is 19.2 Å². The van der Waals surface area contributed by atoms with Gasteiger partial charge in [0.15, 0.2) is 5.82 Å². The second-order valence-electron chi connectivity index (χ2n) is 4.33. The molecule has 1 aromatic heterocycles. The molecule has 0 saturated carbocycles. The molecule has 2 aromatic rings. The van der Waals surface area contributed by atoms with Gasteiger partial charge in [-0.25, -0.2) is 13.8 Å². The maximum Gasteiger partial charge on any atom is 0.321 e. The summed E-state index contributed by atoms with van der Waals surface area (Å²) in [7, 11) is 1.07. The van der Waals surface area contributed by atoms with Crippen molar-refractivity contribution in [1.29, 1.82) is 0 Å². The van der Waals surface area contributed by atoms with Gasteiger partial charge in [-0.15, -0.1) is 0 Å². The van der Waals surface area contributed by atoms with Crippen LogP contribution in [0.15, 0.2) is 36.5 Å². The number of Topliss-reactive ketones (excluding diaryl/α,β-unsaturated/α-hetero) is 1. The number of halogens is 3. The van der Waals surface area contributed by atoms with E-state index in [1.165, 1.54) is 24.4 Å². The lowest BCUT2D eigenvalue weighted by Gasteiger charge is -2.14. The molecule has 2 rings (SSSR count). The Morgan fingerprint density at radius 2 is 1.91 bits per heavy atom. The summed E-state index contributed by atoms with van der Waals surface area (Å²) in [5, 5.41) is 0. The number of methoxy groups -OCH3 is 1. The lowest BCUT2D eigenvalue weighted by Crippen LogP contribution is -2.26. The minimum Gasteiger partial charge on any atom is -0.468 e. The van der Waals surface area contributed by atoms with E-state index >= 15 is 0 Å². The third kappa shape index (κ3) is 3.29. The van der Waals surface area contributed by atoms with Crippen LogP contribution in [-0.2, 0) is 9.53 Å². The number of hydrogen-bond donors (Lipinski definition) is 0. The van der Waals surface area contributed by atoms with Gasteiger partial charge < -0.3 is 4.74 Å². The molecule has 4 nitrogen and oxygen atoms in total. The molecule has 0 bridgehead atoms. The third-order valence-corrected chi connectivity index (χ3v) is 3.55. The van der Waals surface area contributed by atoms with Gasteiger partial charge in [0.1, 0.15) is 17.4 Å². The van der Waals surface area contributed by atoms with Gasteiger partial charge in [-0.05, 0) is 34.7 Å². The molecule has 114 valence electrons. The zero-order valence-corrected chi connectivity index (χ0v) is 13.5. The average Bonchev–Trinajstić information content (AvgIpc) is 2.49. The molecule has 0 aliphatic carbocycles. The molecule has 0 amide bonds. The van der Waals surface area contributed by atoms with E-state index in [-0.39, 0.29) is 5.56 Å². The van der Waals surface area contributed by atoms with Gasteiger partial charge in [-0.1, -0.05) is 18.2 Å². The monoisotopic (exact) mass is 417 g/mol. The van der Waals surface area contributed by atoms with Gasteiger partial charge in [0, 0.05) is 15.3 Å². The van der Waals surface area contributed by atoms with E-state index in [1.807, 2.05) is 22.6 Å². The van der Waals surface area contributed by atoms with E-state index in [2.05, 4.69) is 9.72 Å². The Labute approximate surface area is 138 Å². The first kappa shape index (κ1) is 16.5. The largest absolute Gasteiger partial charge is 0.468 e. The van der Waals surface area contributed by atoms with Crippen molar-refractivity contribution in [3.05, 3.63) is 63.0 Å². The maximum atomic E-state index is 13.9. The van der Waals surface area contributed by atoms with Crippen LogP contribution in [0.5, 0.6) is 0 Å². The first-order valence-corrected chi connectivity index (χ1v) is 7.21. The highest BCUT2D eigenvalue weighted by atomic mass is 127. The fourth-order valence-electron chi connectivity index (χ4n) is 1.93. The van der Waals surface area contributed by atoms with Crippen molar-refractivity contribution in [2.24, 2.45) is 0 Å². The van der Waals surface area contributed by atoms with Gasteiger partial charge in [-0.2, -0.15) is 0 Å². The minimum atomic E-state index is -1.60. The predicted molar refractivity (Wildman–Crippen MR) is 82.4 cm³/mol. The molecule has 1 aromatic carbocycles. The highest BCUT2D eigenvalue weighted by Gasteiger charge is 2.34. The van der Waals surface area contributed by atoms with Gasteiger partial charge in [0.25, 0.3) is 0 Å². The molecule has 22 heavy (non-hydrogen) atoms. The SMILES string of the molecule is COC(=O)C(C(=O)c1ncc(I)cc1F)c1ccccc1F. The molecule has 1 heterocycles. The number of pyridine rings is 1. The number of nitrogens with zero attached hydrogens (tertiary/aromatic N) is 1. The molecule has 1 unspecified atom stereocenters. The van der Waals surface area contributed by atoms with Gasteiger partial charge in [0.2, 0.25) is 5.78 Å². The Balaban J connectivity index is 2.53. The number of ketones is 1. The number of ether oxygens (including phenoxy) is 1. The number of aromatic nitrogens is 1. The highest BCUT2D eigenvalue weighted by Crippen LogP contribution is 2.25. The summed E-state index contributed by atoms with van der Waals surface area (Å²) < 4.78 is 32.9. The normalized spacial score (nSPS) is 11.8. The van der Waals surface area contributed by atoms with E-state index in [0.29, 0.717) is 3.57 Å². The summed E-state index contributed by atoms with van der Waals surface area (Å²) in [5.41, 5.74) is -0.710. The van der Waals surface area contributed by atoms with E-state index in [9.17, 15) is 18.4 Å². The summed E-state index contributed by atoms with van der Waals surface area (Å²) in [4.78, 5) is 28.1. The van der Waals surface area contributed by atoms with Crippen LogP contribution in [0.1, 0.15) is 22.0 Å². The lowest BCUT2D eigenvalue weighted by molar-refractivity contribution is -0.141. The quantitative estimate of drug-likeness (QED) is 0.332. The Morgan fingerprint density at radius 3 is 2.50 bits per heavy atom. The van der Waals surface area contributed by atoms with E-state index in [1.54, 1.807) is 0 Å². The van der Waals surface area contributed by atoms with Gasteiger partial charge in [-0.3, -0.25) is 9.59 Å². The van der Waals surface area contributed by atoms with Crippen LogP contribution in [0, 0.1) is 15.2 Å². The second-order valence-corrected chi connectivity index (χ2v) is 5.57. The van der Waals surface area contributed by atoms with Crippen LogP contribution in [0.2, 0.25) is 0 Å². The van der Waals surface area contributed by atoms with Crippen molar-refractivity contribution in [3.63, 3.8) is 0 Å². The smallest absolute Gasteiger partial charge is 0.321 e. The topological polar surface area (TPSA) is 56.3 Å². The van der Waals surface area contributed by atoms with E-state index < -0.39 is 35.0 Å². The van der Waals surface area contributed by atoms with Crippen molar-refractivity contribution < 1.29 is 23.1 Å². The fraction of sp³-hybridized carbons (Fsp3) is 0.133. The van der Waals surface area contributed by atoms with Crippen molar-refractivity contribution in [3.8, 4) is 0 Å². The van der Waals surface area contributed by atoms with Gasteiger partial charge >= 0.3 is 5.97 Å². The molecule has 0 aliphatic rings. The van der Waals surface area contributed by atoms with Crippen LogP contribution in [0.25, 0.3) is 0 Å². The summed E-state index contributed by atoms with van der Waals surface area (Å²) in [6.45, 7) is 0. The van der Waals surface area contributed by atoms with Crippen LogP contribution in [0.3, 0.4) is 0 Å². The van der Waals surface area contributed by atoms with E-state index in [4.69, 9.17) is 0 Å². The predicted octanol–water partition coefficient (Wildman–Crippen LogP) is 3.10. The summed E-state index contributed by atoms with van der Waals surface area (Å²) >= 11 is 1.84. The molecular formula is C15H10F2INO3. The first-order valence-electron chi connectivity index (χ1n) is 6.13. The maximum absolute atomic E-state index is 13.9. The molecule has 0 fully saturated rings. The minimum absolute atomic E-state index is 0.181. The Hall–Kier alpha value is -1.90. The number of rotatable bonds is 4. The summed E-state index contributed by atoms with van der Waals surface area (Å²) in [5.74, 6) is -5.16. The first-order chi connectivity index (χ1) is 10.5. The highest BCUT2D eigenvalue weighted by molar-refractivity contribution is 14.1. The van der Waals surface area contributed by atoms with Crippen molar-refractivity contribution in [1.82, 2.24) is 4.98 Å². The fourth-order valence-corrected chi connectivity index (χ4v) is 2.35. The number of benzene rings is 1. The zero-order valence-electron chi connectivity index (χ0n) is 11.3. The van der Waals surface area contributed by atoms with Crippen LogP contribution < -0.4 is 0 Å². The van der Waals surface area contributed by atoms with Crippen LogP contribution in [0.4, 0.5) is 8.78 Å². The van der Waals surface area contributed by atoms with Crippen molar-refractivity contribution >= 4 is 34.3 Å². The molecule has 0 saturated heterocycles. The molecule has 1 atom stereocenters. The Morgan fingerprint density at radius 1 is 1.23 bits per heavy atom. The summed E-state index contributed by atoms with van der Waals surface area (Å²) in [6.07, 6.45) is 1.28. The second kappa shape index (κ2) is 6.91. The molecule has 0 spiro atoms. The number of carbonyl (C=O) groups is 2. The summed E-state index contributed by atoms with van der Waals surface area (Å²) in [6, 6.07) is 6.38. The molecule has 7 heteroatoms. The standard InChI is InChI=1S/C15H10F2INO3/c1-22-15(21)12(9-4-2-3-5-10(9)16)14(20)13-11(17)6-8(18)7-19-13/h2-7,12H,1H3. The molecule has 0 N–H and O–H groups in total. The zero-order chi connectivity index (χ0) is 16.3. The van der Waals surface area contributed by atoms with Crippen LogP contribution >= 0.6 is 22.6 Å². The van der Waals surface area contributed by atoms with Crippen LogP contribution in [-0.4, -0.2) is 23.8 Å². The Bertz CT molecular complexity index is 736. The molecule has 0 radical (unpaired) electrons. The number of hydrogen-bond acceptors (Lipinski definition) is 4. The molecule has 0 aliphatic heterocycles. The lowest BCUT2D eigenvalue weighted by atomic mass is 9.92. The van der Waals surface area contributed by atoms with Gasteiger partial charge in [0.05, 0.1) is 7.11 Å². The third-order valence-electron chi connectivity index (χ3n) is 2.96. The molecular weight excluding hydrogens is 407 g/mol. The number of carbonyl (C=O) groups excluding carboxylic acids is 2. The Kier molecular flexibility index (Phi) is 5.17. The van der Waals surface area contributed by atoms with Crippen molar-refractivity contribution in [2.45, 2.75) is 5.92 Å².